The van der Waals surface area contributed by atoms with Crippen LogP contribution >= 0.6 is 0 Å². The van der Waals surface area contributed by atoms with Crippen molar-refractivity contribution in [2.45, 2.75) is 12.0 Å². The van der Waals surface area contributed by atoms with Gasteiger partial charge in [-0.1, -0.05) is 30.3 Å². The Kier molecular flexibility index (Phi) is 2.09. The van der Waals surface area contributed by atoms with E-state index in [1.807, 2.05) is 36.4 Å². The number of amidine groups is 1. The summed E-state index contributed by atoms with van der Waals surface area (Å²) in [5.74, 6) is 0.582. The Balaban J connectivity index is 2.35. The van der Waals surface area contributed by atoms with Gasteiger partial charge in [0.1, 0.15) is 5.84 Å². The predicted octanol–water partition coefficient (Wildman–Crippen LogP) is 1.12. The summed E-state index contributed by atoms with van der Waals surface area (Å²) in [6.45, 7) is 0. The van der Waals surface area contributed by atoms with Gasteiger partial charge in [-0.2, -0.15) is 0 Å². The molecule has 0 saturated heterocycles. The van der Waals surface area contributed by atoms with Crippen molar-refractivity contribution in [1.29, 1.82) is 0 Å². The van der Waals surface area contributed by atoms with Gasteiger partial charge in [0.2, 0.25) is 0 Å². The first-order valence-electron chi connectivity index (χ1n) is 4.55. The summed E-state index contributed by atoms with van der Waals surface area (Å²) in [7, 11) is 0. The molecule has 0 fully saturated rings. The topological polar surface area (TPSA) is 64.4 Å². The highest BCUT2D eigenvalue weighted by atomic mass is 14.9. The number of rotatable bonds is 1. The molecule has 0 aliphatic carbocycles. The van der Waals surface area contributed by atoms with E-state index in [0.717, 1.165) is 5.56 Å². The highest BCUT2D eigenvalue weighted by Crippen LogP contribution is 2.25. The Morgan fingerprint density at radius 3 is 2.57 bits per heavy atom. The van der Waals surface area contributed by atoms with E-state index in [-0.39, 0.29) is 0 Å². The summed E-state index contributed by atoms with van der Waals surface area (Å²) in [4.78, 5) is 3.98. The van der Waals surface area contributed by atoms with Crippen LogP contribution < -0.4 is 11.5 Å². The van der Waals surface area contributed by atoms with E-state index >= 15 is 0 Å². The van der Waals surface area contributed by atoms with Crippen molar-refractivity contribution >= 4 is 5.84 Å². The third kappa shape index (κ3) is 1.54. The lowest BCUT2D eigenvalue weighted by atomic mass is 9.86. The summed E-state index contributed by atoms with van der Waals surface area (Å²) in [6, 6.07) is 9.92. The minimum atomic E-state index is -0.493. The SMILES string of the molecule is NC1=NC=CC(N)(c2ccccc2)C1. The molecule has 72 valence electrons. The van der Waals surface area contributed by atoms with Gasteiger partial charge in [-0.3, -0.25) is 0 Å². The van der Waals surface area contributed by atoms with E-state index in [1.54, 1.807) is 6.20 Å². The van der Waals surface area contributed by atoms with Crippen LogP contribution in [0.3, 0.4) is 0 Å². The minimum absolute atomic E-state index is 0.493. The average Bonchev–Trinajstić information content (AvgIpc) is 2.19. The fourth-order valence-corrected chi connectivity index (χ4v) is 1.62. The maximum atomic E-state index is 6.22. The van der Waals surface area contributed by atoms with Crippen LogP contribution in [0.1, 0.15) is 12.0 Å². The predicted molar refractivity (Wildman–Crippen MR) is 57.7 cm³/mol. The van der Waals surface area contributed by atoms with Gasteiger partial charge in [-0.25, -0.2) is 4.99 Å². The molecule has 3 heteroatoms. The van der Waals surface area contributed by atoms with Crippen molar-refractivity contribution in [2.75, 3.05) is 0 Å². The van der Waals surface area contributed by atoms with Gasteiger partial charge < -0.3 is 11.5 Å². The van der Waals surface area contributed by atoms with Crippen LogP contribution in [0.4, 0.5) is 0 Å². The molecule has 0 aromatic heterocycles. The molecule has 1 aromatic rings. The first kappa shape index (κ1) is 8.97. The second-order valence-corrected chi connectivity index (χ2v) is 3.52. The molecule has 1 atom stereocenters. The molecule has 14 heavy (non-hydrogen) atoms. The van der Waals surface area contributed by atoms with Crippen LogP contribution in [0.15, 0.2) is 47.6 Å². The number of nitrogens with two attached hydrogens (primary N) is 2. The Bertz CT molecular complexity index is 381. The van der Waals surface area contributed by atoms with Crippen molar-refractivity contribution in [1.82, 2.24) is 0 Å². The van der Waals surface area contributed by atoms with Gasteiger partial charge in [-0.15, -0.1) is 0 Å². The Labute approximate surface area is 83.1 Å². The van der Waals surface area contributed by atoms with Gasteiger partial charge in [0.05, 0.1) is 5.54 Å². The van der Waals surface area contributed by atoms with Crippen molar-refractivity contribution < 1.29 is 0 Å². The number of hydrogen-bond acceptors (Lipinski definition) is 3. The molecule has 0 radical (unpaired) electrons. The van der Waals surface area contributed by atoms with Crippen molar-refractivity contribution in [3.05, 3.63) is 48.2 Å². The summed E-state index contributed by atoms with van der Waals surface area (Å²) in [6.07, 6.45) is 4.14. The maximum Gasteiger partial charge on any atom is 0.101 e. The highest BCUT2D eigenvalue weighted by molar-refractivity contribution is 5.83. The van der Waals surface area contributed by atoms with E-state index in [0.29, 0.717) is 12.3 Å². The molecular formula is C11H13N3. The number of nitrogens with zero attached hydrogens (tertiary/aromatic N) is 1. The number of aliphatic imine (C=N–C) groups is 1. The molecule has 3 nitrogen and oxygen atoms in total. The molecule has 0 spiro atoms. The molecule has 1 unspecified atom stereocenters. The smallest absolute Gasteiger partial charge is 0.101 e. The lowest BCUT2D eigenvalue weighted by molar-refractivity contribution is 0.577. The first-order valence-corrected chi connectivity index (χ1v) is 4.55. The zero-order valence-electron chi connectivity index (χ0n) is 7.85. The van der Waals surface area contributed by atoms with Crippen LogP contribution in [0.25, 0.3) is 0 Å². The largest absolute Gasteiger partial charge is 0.387 e. The third-order valence-electron chi connectivity index (χ3n) is 2.40. The molecular weight excluding hydrogens is 174 g/mol. The molecule has 2 rings (SSSR count). The number of benzene rings is 1. The lowest BCUT2D eigenvalue weighted by Crippen LogP contribution is -2.40. The Morgan fingerprint density at radius 1 is 1.21 bits per heavy atom. The Hall–Kier alpha value is -1.61. The van der Waals surface area contributed by atoms with Gasteiger partial charge in [-0.05, 0) is 11.6 Å². The summed E-state index contributed by atoms with van der Waals surface area (Å²) in [5, 5.41) is 0. The van der Waals surface area contributed by atoms with E-state index in [4.69, 9.17) is 11.5 Å². The molecule has 1 aromatic carbocycles. The molecule has 0 saturated carbocycles. The maximum absolute atomic E-state index is 6.22. The second-order valence-electron chi connectivity index (χ2n) is 3.52. The molecule has 4 N–H and O–H groups in total. The quantitative estimate of drug-likeness (QED) is 0.691. The van der Waals surface area contributed by atoms with Gasteiger partial charge in [0.25, 0.3) is 0 Å². The highest BCUT2D eigenvalue weighted by Gasteiger charge is 2.27. The summed E-state index contributed by atoms with van der Waals surface area (Å²) >= 11 is 0. The molecule has 0 amide bonds. The summed E-state index contributed by atoms with van der Waals surface area (Å²) in [5.41, 5.74) is 12.5. The normalized spacial score (nSPS) is 25.9. The minimum Gasteiger partial charge on any atom is -0.387 e. The van der Waals surface area contributed by atoms with E-state index in [9.17, 15) is 0 Å². The lowest BCUT2D eigenvalue weighted by Gasteiger charge is -2.28. The fourth-order valence-electron chi connectivity index (χ4n) is 1.62. The standard InChI is InChI=1S/C11H13N3/c12-10-8-11(13,6-7-14-10)9-4-2-1-3-5-9/h1-7H,8,13H2,(H2,12,14). The van der Waals surface area contributed by atoms with Crippen LogP contribution in [0.5, 0.6) is 0 Å². The van der Waals surface area contributed by atoms with Gasteiger partial charge in [0.15, 0.2) is 0 Å². The zero-order valence-corrected chi connectivity index (χ0v) is 7.85. The molecule has 1 aliphatic rings. The van der Waals surface area contributed by atoms with E-state index < -0.39 is 5.54 Å². The molecule has 1 heterocycles. The van der Waals surface area contributed by atoms with Crippen molar-refractivity contribution in [3.8, 4) is 0 Å². The van der Waals surface area contributed by atoms with Crippen molar-refractivity contribution in [2.24, 2.45) is 16.5 Å². The second kappa shape index (κ2) is 3.27. The van der Waals surface area contributed by atoms with Gasteiger partial charge in [0, 0.05) is 12.6 Å². The third-order valence-corrected chi connectivity index (χ3v) is 2.40. The van der Waals surface area contributed by atoms with Crippen molar-refractivity contribution in [3.63, 3.8) is 0 Å². The molecule has 1 aliphatic heterocycles. The first-order chi connectivity index (χ1) is 6.71. The molecule has 0 bridgehead atoms. The Morgan fingerprint density at radius 2 is 1.93 bits per heavy atom. The monoisotopic (exact) mass is 187 g/mol. The zero-order chi connectivity index (χ0) is 10.0. The average molecular weight is 187 g/mol. The number of hydrogen-bond donors (Lipinski definition) is 2. The van der Waals surface area contributed by atoms with Crippen LogP contribution in [-0.4, -0.2) is 5.84 Å². The van der Waals surface area contributed by atoms with Crippen LogP contribution in [-0.2, 0) is 5.54 Å². The fraction of sp³-hybridized carbons (Fsp3) is 0.182. The van der Waals surface area contributed by atoms with Gasteiger partial charge >= 0.3 is 0 Å². The van der Waals surface area contributed by atoms with E-state index in [2.05, 4.69) is 4.99 Å². The van der Waals surface area contributed by atoms with Crippen LogP contribution in [0, 0.1) is 0 Å². The summed E-state index contributed by atoms with van der Waals surface area (Å²) < 4.78 is 0. The van der Waals surface area contributed by atoms with E-state index in [1.165, 1.54) is 0 Å². The van der Waals surface area contributed by atoms with Crippen LogP contribution in [0.2, 0.25) is 0 Å².